The molecule has 0 bridgehead atoms. The lowest BCUT2D eigenvalue weighted by atomic mass is 9.77. The molecule has 3 heterocycles. The molecular weight excluding hydrogens is 416 g/mol. The lowest BCUT2D eigenvalue weighted by Crippen LogP contribution is -2.61. The first kappa shape index (κ1) is 24.3. The van der Waals surface area contributed by atoms with Crippen molar-refractivity contribution in [1.82, 2.24) is 0 Å². The average Bonchev–Trinajstić information content (AvgIpc) is 2.72. The summed E-state index contributed by atoms with van der Waals surface area (Å²) in [5.74, 6) is -1.42. The van der Waals surface area contributed by atoms with Gasteiger partial charge in [-0.15, -0.1) is 0 Å². The molecule has 0 amide bonds. The van der Waals surface area contributed by atoms with Gasteiger partial charge in [-0.05, 0) is 20.8 Å². The second-order valence-corrected chi connectivity index (χ2v) is 8.28. The molecule has 3 aliphatic heterocycles. The van der Waals surface area contributed by atoms with E-state index in [1.807, 2.05) is 13.8 Å². The second kappa shape index (κ2) is 10.1. The highest BCUT2D eigenvalue weighted by molar-refractivity contribution is 5.88. The van der Waals surface area contributed by atoms with E-state index in [0.717, 1.165) is 0 Å². The van der Waals surface area contributed by atoms with Gasteiger partial charge < -0.3 is 48.8 Å². The predicted octanol–water partition coefficient (Wildman–Crippen LogP) is -0.992. The summed E-state index contributed by atoms with van der Waals surface area (Å²) in [6.07, 6.45) is -7.66. The molecule has 0 aliphatic carbocycles. The van der Waals surface area contributed by atoms with Crippen LogP contribution in [-0.2, 0) is 33.2 Å². The minimum atomic E-state index is -1.58. The molecule has 4 N–H and O–H groups in total. The molecule has 0 radical (unpaired) electrons. The standard InChI is InChI=1S/C20H32O11/c1-8(2)28-13-5-10-11(18(25)26-4)7-27-19(14(10)9(3)29-13)31-20-17(24)16(23)15(22)12(6-21)30-20/h7-10,12-17,19-24H,5-6H2,1-4H3/t9-,10?,12+,13?,14?,15+,16-,17+,19-,20-/m0/s1. The third-order valence-corrected chi connectivity index (χ3v) is 5.82. The maximum Gasteiger partial charge on any atom is 0.337 e. The maximum atomic E-state index is 12.3. The number of carbonyl (C=O) groups excluding carboxylic acids is 1. The van der Waals surface area contributed by atoms with E-state index in [1.165, 1.54) is 13.4 Å². The highest BCUT2D eigenvalue weighted by Crippen LogP contribution is 2.43. The van der Waals surface area contributed by atoms with Crippen molar-refractivity contribution in [3.05, 3.63) is 11.8 Å². The van der Waals surface area contributed by atoms with Crippen LogP contribution in [0.3, 0.4) is 0 Å². The van der Waals surface area contributed by atoms with Crippen molar-refractivity contribution >= 4 is 5.97 Å². The first-order valence-corrected chi connectivity index (χ1v) is 10.4. The topological polar surface area (TPSA) is 153 Å². The SMILES string of the molecule is COC(=O)C1=CO[C@@H](O[C@@H]2O[C@H](CO)[C@@H](O)[C@H](O)[C@H]2O)C2C1CC(OC(C)C)O[C@H]2C. The van der Waals surface area contributed by atoms with Crippen LogP contribution in [0.4, 0.5) is 0 Å². The van der Waals surface area contributed by atoms with Crippen molar-refractivity contribution in [2.45, 2.75) is 82.7 Å². The van der Waals surface area contributed by atoms with Gasteiger partial charge in [0.15, 0.2) is 12.6 Å². The number of hydrogen-bond acceptors (Lipinski definition) is 11. The summed E-state index contributed by atoms with van der Waals surface area (Å²) in [6, 6.07) is 0. The van der Waals surface area contributed by atoms with Crippen LogP contribution in [0.15, 0.2) is 11.8 Å². The van der Waals surface area contributed by atoms with E-state index in [4.69, 9.17) is 28.4 Å². The Hall–Kier alpha value is -1.31. The number of aliphatic hydroxyl groups excluding tert-OH is 4. The van der Waals surface area contributed by atoms with Crippen LogP contribution in [0, 0.1) is 11.8 Å². The molecule has 0 aromatic heterocycles. The molecule has 11 nitrogen and oxygen atoms in total. The van der Waals surface area contributed by atoms with Crippen LogP contribution in [0.25, 0.3) is 0 Å². The molecule has 0 aromatic carbocycles. The van der Waals surface area contributed by atoms with E-state index >= 15 is 0 Å². The van der Waals surface area contributed by atoms with Gasteiger partial charge >= 0.3 is 5.97 Å². The fraction of sp³-hybridized carbons (Fsp3) is 0.850. The monoisotopic (exact) mass is 448 g/mol. The number of aliphatic hydroxyl groups is 4. The van der Waals surface area contributed by atoms with Crippen molar-refractivity contribution < 1.29 is 53.6 Å². The van der Waals surface area contributed by atoms with E-state index in [9.17, 15) is 25.2 Å². The van der Waals surface area contributed by atoms with Crippen LogP contribution in [0.1, 0.15) is 27.2 Å². The number of methoxy groups -OCH3 is 1. The number of hydrogen-bond donors (Lipinski definition) is 4. The highest BCUT2D eigenvalue weighted by atomic mass is 16.8. The first-order valence-electron chi connectivity index (χ1n) is 10.4. The normalized spacial score (nSPS) is 43.1. The Morgan fingerprint density at radius 1 is 1.16 bits per heavy atom. The Balaban J connectivity index is 1.82. The van der Waals surface area contributed by atoms with Crippen LogP contribution in [0.2, 0.25) is 0 Å². The molecule has 0 spiro atoms. The van der Waals surface area contributed by atoms with Gasteiger partial charge in [-0.1, -0.05) is 0 Å². The average molecular weight is 448 g/mol. The summed E-state index contributed by atoms with van der Waals surface area (Å²) in [7, 11) is 1.28. The minimum absolute atomic E-state index is 0.0830. The van der Waals surface area contributed by atoms with Crippen LogP contribution < -0.4 is 0 Å². The van der Waals surface area contributed by atoms with Gasteiger partial charge in [0, 0.05) is 12.3 Å². The fourth-order valence-corrected chi connectivity index (χ4v) is 4.28. The first-order chi connectivity index (χ1) is 14.7. The van der Waals surface area contributed by atoms with E-state index in [-0.39, 0.29) is 12.0 Å². The summed E-state index contributed by atoms with van der Waals surface area (Å²) in [4.78, 5) is 12.3. The quantitative estimate of drug-likeness (QED) is 0.370. The summed E-state index contributed by atoms with van der Waals surface area (Å²) < 4.78 is 33.5. The largest absolute Gasteiger partial charge is 0.471 e. The Labute approximate surface area is 180 Å². The van der Waals surface area contributed by atoms with Crippen molar-refractivity contribution in [2.75, 3.05) is 13.7 Å². The van der Waals surface area contributed by atoms with Gasteiger partial charge in [-0.2, -0.15) is 0 Å². The van der Waals surface area contributed by atoms with Gasteiger partial charge in [0.05, 0.1) is 43.7 Å². The number of rotatable bonds is 6. The van der Waals surface area contributed by atoms with Crippen LogP contribution >= 0.6 is 0 Å². The van der Waals surface area contributed by atoms with E-state index in [0.29, 0.717) is 12.0 Å². The lowest BCUT2D eigenvalue weighted by molar-refractivity contribution is -0.354. The summed E-state index contributed by atoms with van der Waals surface area (Å²) in [5, 5.41) is 39.7. The minimum Gasteiger partial charge on any atom is -0.471 e. The van der Waals surface area contributed by atoms with Gasteiger partial charge in [-0.25, -0.2) is 4.79 Å². The van der Waals surface area contributed by atoms with Crippen molar-refractivity contribution in [3.8, 4) is 0 Å². The second-order valence-electron chi connectivity index (χ2n) is 8.28. The molecule has 2 fully saturated rings. The maximum absolute atomic E-state index is 12.3. The number of esters is 1. The van der Waals surface area contributed by atoms with Crippen molar-refractivity contribution in [3.63, 3.8) is 0 Å². The molecule has 178 valence electrons. The molecule has 0 saturated carbocycles. The van der Waals surface area contributed by atoms with Gasteiger partial charge in [0.25, 0.3) is 0 Å². The van der Waals surface area contributed by atoms with Crippen molar-refractivity contribution in [1.29, 1.82) is 0 Å². The van der Waals surface area contributed by atoms with E-state index in [2.05, 4.69) is 0 Å². The van der Waals surface area contributed by atoms with Gasteiger partial charge in [0.1, 0.15) is 24.4 Å². The fourth-order valence-electron chi connectivity index (χ4n) is 4.28. The smallest absolute Gasteiger partial charge is 0.337 e. The molecular formula is C20H32O11. The predicted molar refractivity (Wildman–Crippen MR) is 102 cm³/mol. The zero-order valence-electron chi connectivity index (χ0n) is 18.0. The van der Waals surface area contributed by atoms with Gasteiger partial charge in [-0.3, -0.25) is 0 Å². The zero-order chi connectivity index (χ0) is 22.9. The molecule has 11 heteroatoms. The van der Waals surface area contributed by atoms with E-state index in [1.54, 1.807) is 6.92 Å². The highest BCUT2D eigenvalue weighted by Gasteiger charge is 2.52. The van der Waals surface area contributed by atoms with Crippen molar-refractivity contribution in [2.24, 2.45) is 11.8 Å². The molecule has 3 aliphatic rings. The third kappa shape index (κ3) is 5.04. The Morgan fingerprint density at radius 3 is 2.48 bits per heavy atom. The van der Waals surface area contributed by atoms with Crippen LogP contribution in [0.5, 0.6) is 0 Å². The number of carbonyl (C=O) groups is 1. The van der Waals surface area contributed by atoms with E-state index < -0.39 is 67.9 Å². The molecule has 3 unspecified atom stereocenters. The zero-order valence-corrected chi connectivity index (χ0v) is 18.0. The Bertz CT molecular complexity index is 651. The summed E-state index contributed by atoms with van der Waals surface area (Å²) in [6.45, 7) is 4.97. The number of fused-ring (bicyclic) bond motifs is 1. The van der Waals surface area contributed by atoms with Crippen LogP contribution in [-0.4, -0.2) is 95.6 Å². The molecule has 3 rings (SSSR count). The Morgan fingerprint density at radius 2 is 1.87 bits per heavy atom. The summed E-state index contributed by atoms with van der Waals surface area (Å²) in [5.41, 5.74) is 0.314. The molecule has 0 aromatic rings. The molecule has 31 heavy (non-hydrogen) atoms. The Kier molecular flexibility index (Phi) is 7.92. The molecule has 10 atom stereocenters. The molecule has 2 saturated heterocycles. The lowest BCUT2D eigenvalue weighted by Gasteiger charge is -2.47. The third-order valence-electron chi connectivity index (χ3n) is 5.82. The van der Waals surface area contributed by atoms with Gasteiger partial charge in [0.2, 0.25) is 6.29 Å². The summed E-state index contributed by atoms with van der Waals surface area (Å²) >= 11 is 0. The number of ether oxygens (including phenoxy) is 6.